The van der Waals surface area contributed by atoms with Gasteiger partial charge in [0.15, 0.2) is 0 Å². The summed E-state index contributed by atoms with van der Waals surface area (Å²) in [4.78, 5) is 29.5. The van der Waals surface area contributed by atoms with Gasteiger partial charge in [-0.15, -0.1) is 0 Å². The molecular formula is C26H30ClN3O2. The van der Waals surface area contributed by atoms with Gasteiger partial charge < -0.3 is 15.5 Å². The molecule has 2 amide bonds. The molecule has 32 heavy (non-hydrogen) atoms. The minimum Gasteiger partial charge on any atom is -0.366 e. The van der Waals surface area contributed by atoms with Crippen LogP contribution in [0.5, 0.6) is 0 Å². The first-order chi connectivity index (χ1) is 15.5. The molecule has 3 aliphatic rings. The fraction of sp³-hybridized carbons (Fsp3) is 0.462. The van der Waals surface area contributed by atoms with Crippen molar-refractivity contribution < 1.29 is 9.59 Å². The van der Waals surface area contributed by atoms with Crippen LogP contribution in [-0.4, -0.2) is 46.8 Å². The number of primary amides is 1. The van der Waals surface area contributed by atoms with Crippen molar-refractivity contribution in [2.45, 2.75) is 63.1 Å². The Morgan fingerprint density at radius 3 is 2.34 bits per heavy atom. The van der Waals surface area contributed by atoms with Crippen molar-refractivity contribution in [3.05, 3.63) is 69.7 Å². The quantitative estimate of drug-likeness (QED) is 0.739. The molecule has 0 spiro atoms. The number of carbonyl (C=O) groups is 2. The van der Waals surface area contributed by atoms with Crippen molar-refractivity contribution in [1.29, 1.82) is 0 Å². The zero-order valence-corrected chi connectivity index (χ0v) is 19.1. The number of halogens is 1. The number of piperidine rings is 1. The summed E-state index contributed by atoms with van der Waals surface area (Å²) in [5.74, 6) is 0.0535. The van der Waals surface area contributed by atoms with Gasteiger partial charge in [0.1, 0.15) is 0 Å². The highest BCUT2D eigenvalue weighted by Gasteiger charge is 2.38. The van der Waals surface area contributed by atoms with E-state index in [2.05, 4.69) is 23.1 Å². The van der Waals surface area contributed by atoms with Crippen molar-refractivity contribution in [3.63, 3.8) is 0 Å². The van der Waals surface area contributed by atoms with Crippen LogP contribution in [0.1, 0.15) is 76.3 Å². The number of rotatable bonds is 4. The Morgan fingerprint density at radius 2 is 1.66 bits per heavy atom. The van der Waals surface area contributed by atoms with E-state index in [0.29, 0.717) is 29.6 Å². The van der Waals surface area contributed by atoms with E-state index >= 15 is 0 Å². The van der Waals surface area contributed by atoms with E-state index in [0.717, 1.165) is 36.5 Å². The van der Waals surface area contributed by atoms with Gasteiger partial charge in [-0.25, -0.2) is 0 Å². The van der Waals surface area contributed by atoms with Crippen LogP contribution < -0.4 is 5.73 Å². The molecule has 0 aromatic heterocycles. The Bertz CT molecular complexity index is 1020. The lowest BCUT2D eigenvalue weighted by Gasteiger charge is -2.42. The van der Waals surface area contributed by atoms with E-state index in [1.165, 1.54) is 31.2 Å². The predicted octanol–water partition coefficient (Wildman–Crippen LogP) is 4.59. The molecule has 2 aromatic rings. The first kappa shape index (κ1) is 21.5. The average molecular weight is 452 g/mol. The monoisotopic (exact) mass is 451 g/mol. The van der Waals surface area contributed by atoms with Crippen LogP contribution in [0.2, 0.25) is 5.02 Å². The van der Waals surface area contributed by atoms with Crippen LogP contribution >= 0.6 is 11.6 Å². The Kier molecular flexibility index (Phi) is 5.95. The van der Waals surface area contributed by atoms with Gasteiger partial charge in [0.05, 0.1) is 11.1 Å². The number of likely N-dealkylation sites (tertiary alicyclic amines) is 1. The summed E-state index contributed by atoms with van der Waals surface area (Å²) in [7, 11) is 0. The molecule has 2 aromatic carbocycles. The first-order valence-electron chi connectivity index (χ1n) is 11.7. The SMILES string of the molecule is NC(=O)c1cccc2c1C(=O)N(C1CCN([C@H]3CC[C@H](c4cccc(Cl)c4)CC3)CC1)C2. The second-order valence-electron chi connectivity index (χ2n) is 9.46. The smallest absolute Gasteiger partial charge is 0.255 e. The van der Waals surface area contributed by atoms with Crippen LogP contribution in [0, 0.1) is 0 Å². The number of hydrogen-bond donors (Lipinski definition) is 1. The van der Waals surface area contributed by atoms with Crippen molar-refractivity contribution in [2.75, 3.05) is 13.1 Å². The molecule has 1 saturated heterocycles. The number of amides is 2. The summed E-state index contributed by atoms with van der Waals surface area (Å²) in [6, 6.07) is 14.6. The Labute approximate surface area is 194 Å². The van der Waals surface area contributed by atoms with Gasteiger partial charge >= 0.3 is 0 Å². The van der Waals surface area contributed by atoms with Gasteiger partial charge in [-0.1, -0.05) is 35.9 Å². The summed E-state index contributed by atoms with van der Waals surface area (Å²) in [6.45, 7) is 2.64. The molecular weight excluding hydrogens is 422 g/mol. The largest absolute Gasteiger partial charge is 0.366 e. The molecule has 1 aliphatic carbocycles. The van der Waals surface area contributed by atoms with Crippen molar-refractivity contribution in [2.24, 2.45) is 5.73 Å². The minimum atomic E-state index is -0.528. The summed E-state index contributed by atoms with van der Waals surface area (Å²) in [5, 5.41) is 0.827. The molecule has 168 valence electrons. The van der Waals surface area contributed by atoms with Gasteiger partial charge in [0.25, 0.3) is 5.91 Å². The van der Waals surface area contributed by atoms with E-state index < -0.39 is 5.91 Å². The molecule has 0 unspecified atom stereocenters. The number of fused-ring (bicyclic) bond motifs is 1. The van der Waals surface area contributed by atoms with Gasteiger partial charge in [0, 0.05) is 36.7 Å². The summed E-state index contributed by atoms with van der Waals surface area (Å²) >= 11 is 6.19. The fourth-order valence-corrected chi connectivity index (χ4v) is 6.18. The maximum atomic E-state index is 13.1. The molecule has 2 fully saturated rings. The van der Waals surface area contributed by atoms with E-state index in [4.69, 9.17) is 17.3 Å². The number of nitrogens with zero attached hydrogens (tertiary/aromatic N) is 2. The third-order valence-corrected chi connectivity index (χ3v) is 7.94. The molecule has 5 rings (SSSR count). The molecule has 5 nitrogen and oxygen atoms in total. The lowest BCUT2D eigenvalue weighted by atomic mass is 9.81. The first-order valence-corrected chi connectivity index (χ1v) is 12.1. The standard InChI is InChI=1S/C26H30ClN3O2/c27-20-5-1-3-18(15-20)17-7-9-21(10-8-17)29-13-11-22(12-14-29)30-16-19-4-2-6-23(25(28)31)24(19)26(30)32/h1-6,15,17,21-22H,7-14,16H2,(H2,28,31)/t17-,21-. The Balaban J connectivity index is 1.16. The average Bonchev–Trinajstić information content (AvgIpc) is 3.16. The number of benzene rings is 2. The second-order valence-corrected chi connectivity index (χ2v) is 9.90. The molecule has 0 radical (unpaired) electrons. The number of hydrogen-bond acceptors (Lipinski definition) is 3. The van der Waals surface area contributed by atoms with Crippen molar-refractivity contribution >= 4 is 23.4 Å². The minimum absolute atomic E-state index is 0.0325. The molecule has 2 aliphatic heterocycles. The van der Waals surface area contributed by atoms with Crippen LogP contribution in [0.4, 0.5) is 0 Å². The highest BCUT2D eigenvalue weighted by molar-refractivity contribution is 6.30. The van der Waals surface area contributed by atoms with E-state index in [1.54, 1.807) is 6.07 Å². The molecule has 2 heterocycles. The number of carbonyl (C=O) groups excluding carboxylic acids is 2. The van der Waals surface area contributed by atoms with E-state index in [9.17, 15) is 9.59 Å². The number of nitrogens with two attached hydrogens (primary N) is 1. The Hall–Kier alpha value is -2.37. The van der Waals surface area contributed by atoms with E-state index in [1.807, 2.05) is 23.1 Å². The maximum absolute atomic E-state index is 13.1. The van der Waals surface area contributed by atoms with Gasteiger partial charge in [0.2, 0.25) is 5.91 Å². The predicted molar refractivity (Wildman–Crippen MR) is 126 cm³/mol. The summed E-state index contributed by atoms with van der Waals surface area (Å²) in [5.41, 5.74) is 8.67. The lowest BCUT2D eigenvalue weighted by Crippen LogP contribution is -2.49. The Morgan fingerprint density at radius 1 is 0.938 bits per heavy atom. The lowest BCUT2D eigenvalue weighted by molar-refractivity contribution is 0.0498. The molecule has 0 bridgehead atoms. The van der Waals surface area contributed by atoms with Crippen molar-refractivity contribution in [3.8, 4) is 0 Å². The third kappa shape index (κ3) is 4.04. The molecule has 1 saturated carbocycles. The van der Waals surface area contributed by atoms with Crippen molar-refractivity contribution in [1.82, 2.24) is 9.80 Å². The highest BCUT2D eigenvalue weighted by atomic mass is 35.5. The van der Waals surface area contributed by atoms with Gasteiger partial charge in [-0.05, 0) is 73.8 Å². The van der Waals surface area contributed by atoms with Gasteiger partial charge in [-0.3, -0.25) is 9.59 Å². The third-order valence-electron chi connectivity index (χ3n) is 7.70. The zero-order valence-electron chi connectivity index (χ0n) is 18.3. The second kappa shape index (κ2) is 8.87. The normalized spacial score (nSPS) is 24.5. The molecule has 0 atom stereocenters. The summed E-state index contributed by atoms with van der Waals surface area (Å²) < 4.78 is 0. The van der Waals surface area contributed by atoms with Crippen LogP contribution in [0.15, 0.2) is 42.5 Å². The van der Waals surface area contributed by atoms with Crippen LogP contribution in [-0.2, 0) is 6.54 Å². The molecule has 2 N–H and O–H groups in total. The maximum Gasteiger partial charge on any atom is 0.255 e. The molecule has 6 heteroatoms. The fourth-order valence-electron chi connectivity index (χ4n) is 5.98. The summed E-state index contributed by atoms with van der Waals surface area (Å²) in [6.07, 6.45) is 6.83. The zero-order chi connectivity index (χ0) is 22.2. The van der Waals surface area contributed by atoms with Crippen LogP contribution in [0.25, 0.3) is 0 Å². The highest BCUT2D eigenvalue weighted by Crippen LogP contribution is 2.37. The topological polar surface area (TPSA) is 66.6 Å². The van der Waals surface area contributed by atoms with Gasteiger partial charge in [-0.2, -0.15) is 0 Å². The van der Waals surface area contributed by atoms with Crippen LogP contribution in [0.3, 0.4) is 0 Å². The van der Waals surface area contributed by atoms with E-state index in [-0.39, 0.29) is 11.9 Å².